The summed E-state index contributed by atoms with van der Waals surface area (Å²) in [4.78, 5) is 30.2. The number of carbonyl (C=O) groups excluding carboxylic acids is 2. The van der Waals surface area contributed by atoms with E-state index in [-0.39, 0.29) is 17.7 Å². The van der Waals surface area contributed by atoms with Crippen LogP contribution in [0.25, 0.3) is 11.6 Å². The van der Waals surface area contributed by atoms with Gasteiger partial charge in [-0.15, -0.1) is 0 Å². The first-order valence-corrected chi connectivity index (χ1v) is 10.4. The molecule has 1 aromatic carbocycles. The van der Waals surface area contributed by atoms with Crippen molar-refractivity contribution in [3.05, 3.63) is 52.8 Å². The maximum absolute atomic E-state index is 12.6. The zero-order valence-corrected chi connectivity index (χ0v) is 17.0. The molecule has 0 saturated carbocycles. The summed E-state index contributed by atoms with van der Waals surface area (Å²) in [5, 5.41) is 5.84. The minimum atomic E-state index is -0.0874. The van der Waals surface area contributed by atoms with Crippen LogP contribution in [-0.2, 0) is 22.6 Å². The number of aromatic nitrogens is 1. The van der Waals surface area contributed by atoms with E-state index in [1.807, 2.05) is 30.3 Å². The van der Waals surface area contributed by atoms with Gasteiger partial charge in [0.15, 0.2) is 0 Å². The molecule has 6 heteroatoms. The van der Waals surface area contributed by atoms with E-state index < -0.39 is 0 Å². The summed E-state index contributed by atoms with van der Waals surface area (Å²) in [6.45, 7) is 7.94. The lowest BCUT2D eigenvalue weighted by atomic mass is 9.95. The van der Waals surface area contributed by atoms with E-state index in [4.69, 9.17) is 0 Å². The van der Waals surface area contributed by atoms with Gasteiger partial charge in [-0.3, -0.25) is 14.5 Å². The summed E-state index contributed by atoms with van der Waals surface area (Å²) in [6.07, 6.45) is 3.49. The molecular formula is C23H28N4O2. The normalized spacial score (nSPS) is 19.7. The van der Waals surface area contributed by atoms with Gasteiger partial charge in [-0.05, 0) is 61.8 Å². The third kappa shape index (κ3) is 4.12. The molecule has 2 aromatic rings. The Bertz CT molecular complexity index is 956. The molecule has 1 aromatic heterocycles. The summed E-state index contributed by atoms with van der Waals surface area (Å²) in [6, 6.07) is 10.1. The Balaban J connectivity index is 1.56. The van der Waals surface area contributed by atoms with Gasteiger partial charge in [-0.25, -0.2) is 0 Å². The molecule has 2 aliphatic rings. The largest absolute Gasteiger partial charge is 0.358 e. The average molecular weight is 393 g/mol. The van der Waals surface area contributed by atoms with E-state index in [0.29, 0.717) is 12.0 Å². The predicted octanol–water partition coefficient (Wildman–Crippen LogP) is 3.03. The number of benzene rings is 1. The van der Waals surface area contributed by atoms with Crippen LogP contribution < -0.4 is 10.6 Å². The van der Waals surface area contributed by atoms with Crippen molar-refractivity contribution < 1.29 is 9.59 Å². The molecule has 2 aliphatic heterocycles. The number of anilines is 1. The highest BCUT2D eigenvalue weighted by Gasteiger charge is 2.27. The molecule has 6 nitrogen and oxygen atoms in total. The molecule has 29 heavy (non-hydrogen) atoms. The van der Waals surface area contributed by atoms with Crippen molar-refractivity contribution in [1.29, 1.82) is 0 Å². The maximum Gasteiger partial charge on any atom is 0.256 e. The predicted molar refractivity (Wildman–Crippen MR) is 115 cm³/mol. The van der Waals surface area contributed by atoms with E-state index in [1.54, 1.807) is 0 Å². The van der Waals surface area contributed by atoms with Gasteiger partial charge in [-0.2, -0.15) is 0 Å². The molecule has 0 aliphatic carbocycles. The van der Waals surface area contributed by atoms with Gasteiger partial charge >= 0.3 is 0 Å². The van der Waals surface area contributed by atoms with Crippen LogP contribution in [0.3, 0.4) is 0 Å². The van der Waals surface area contributed by atoms with Gasteiger partial charge in [0.05, 0.1) is 5.57 Å². The van der Waals surface area contributed by atoms with Crippen molar-refractivity contribution in [2.45, 2.75) is 33.2 Å². The first-order valence-electron chi connectivity index (χ1n) is 10.4. The van der Waals surface area contributed by atoms with Gasteiger partial charge in [0.1, 0.15) is 0 Å². The van der Waals surface area contributed by atoms with Gasteiger partial charge in [0, 0.05) is 41.6 Å². The van der Waals surface area contributed by atoms with Crippen LogP contribution in [-0.4, -0.2) is 41.3 Å². The fourth-order valence-corrected chi connectivity index (χ4v) is 4.11. The highest BCUT2D eigenvalue weighted by molar-refractivity contribution is 6.34. The number of nitrogens with one attached hydrogen (secondary N) is 3. The lowest BCUT2D eigenvalue weighted by Gasteiger charge is -2.16. The smallest absolute Gasteiger partial charge is 0.256 e. The molecule has 0 bridgehead atoms. The molecule has 1 unspecified atom stereocenters. The van der Waals surface area contributed by atoms with E-state index in [0.717, 1.165) is 60.8 Å². The van der Waals surface area contributed by atoms with Crippen molar-refractivity contribution in [2.75, 3.05) is 25.0 Å². The first kappa shape index (κ1) is 19.5. The van der Waals surface area contributed by atoms with Crippen molar-refractivity contribution in [3.63, 3.8) is 0 Å². The Morgan fingerprint density at radius 2 is 1.97 bits per heavy atom. The van der Waals surface area contributed by atoms with Crippen molar-refractivity contribution in [2.24, 2.45) is 5.92 Å². The van der Waals surface area contributed by atoms with Crippen molar-refractivity contribution >= 4 is 29.2 Å². The lowest BCUT2D eigenvalue weighted by molar-refractivity contribution is -0.122. The third-order valence-corrected chi connectivity index (χ3v) is 5.87. The number of nitrogens with zero attached hydrogens (tertiary/aromatic N) is 1. The second-order valence-corrected chi connectivity index (χ2v) is 7.77. The van der Waals surface area contributed by atoms with Crippen LogP contribution >= 0.6 is 0 Å². The summed E-state index contributed by atoms with van der Waals surface area (Å²) < 4.78 is 0. The highest BCUT2D eigenvalue weighted by atomic mass is 16.2. The van der Waals surface area contributed by atoms with Crippen LogP contribution in [0.4, 0.5) is 5.69 Å². The average Bonchev–Trinajstić information content (AvgIpc) is 3.41. The number of hydrogen-bond acceptors (Lipinski definition) is 3. The molecule has 152 valence electrons. The maximum atomic E-state index is 12.6. The number of amides is 2. The highest BCUT2D eigenvalue weighted by Crippen LogP contribution is 2.34. The molecule has 0 spiro atoms. The minimum absolute atomic E-state index is 0.0246. The molecule has 1 saturated heterocycles. The van der Waals surface area contributed by atoms with Crippen LogP contribution in [0.15, 0.2) is 30.3 Å². The quantitative estimate of drug-likeness (QED) is 0.634. The van der Waals surface area contributed by atoms with E-state index in [2.05, 4.69) is 40.4 Å². The zero-order chi connectivity index (χ0) is 20.4. The van der Waals surface area contributed by atoms with Crippen LogP contribution in [0.1, 0.15) is 42.8 Å². The van der Waals surface area contributed by atoms with E-state index >= 15 is 0 Å². The lowest BCUT2D eigenvalue weighted by Crippen LogP contribution is -2.22. The molecule has 0 radical (unpaired) electrons. The minimum Gasteiger partial charge on any atom is -0.358 e. The molecule has 3 N–H and O–H groups in total. The molecule has 3 heterocycles. The number of hydrogen-bond donors (Lipinski definition) is 3. The second-order valence-electron chi connectivity index (χ2n) is 7.77. The number of carbonyl (C=O) groups is 2. The fourth-order valence-electron chi connectivity index (χ4n) is 4.11. The number of aromatic amines is 1. The Kier molecular flexibility index (Phi) is 5.53. The molecular weight excluding hydrogens is 364 g/mol. The summed E-state index contributed by atoms with van der Waals surface area (Å²) >= 11 is 0. The van der Waals surface area contributed by atoms with Gasteiger partial charge < -0.3 is 15.6 Å². The fraction of sp³-hybridized carbons (Fsp3) is 0.391. The number of fused-ring (bicyclic) bond motifs is 1. The molecule has 1 atom stereocenters. The number of rotatable bonds is 7. The Morgan fingerprint density at radius 3 is 2.69 bits per heavy atom. The van der Waals surface area contributed by atoms with E-state index in [9.17, 15) is 9.59 Å². The van der Waals surface area contributed by atoms with Crippen molar-refractivity contribution in [1.82, 2.24) is 15.2 Å². The third-order valence-electron chi connectivity index (χ3n) is 5.87. The summed E-state index contributed by atoms with van der Waals surface area (Å²) in [5.41, 5.74) is 5.54. The standard InChI is InChI=1S/C23H28N4O2/c1-3-27(4-2)14-18-7-6-17(25-18)13-20-19-12-15(5-8-21(19)26-23(20)29)11-16-9-10-24-22(16)28/h5-8,12-13,16,25H,3-4,9-11,14H2,1-2H3,(H,24,28)(H,26,29). The zero-order valence-electron chi connectivity index (χ0n) is 17.0. The molecule has 2 amide bonds. The first-order chi connectivity index (χ1) is 14.1. The summed E-state index contributed by atoms with van der Waals surface area (Å²) in [5.74, 6) is 0.0646. The van der Waals surface area contributed by atoms with Crippen molar-refractivity contribution in [3.8, 4) is 0 Å². The SMILES string of the molecule is CCN(CC)Cc1ccc(C=C2C(=O)Nc3ccc(CC4CCNC4=O)cc32)[nH]1. The summed E-state index contributed by atoms with van der Waals surface area (Å²) in [7, 11) is 0. The van der Waals surface area contributed by atoms with E-state index in [1.165, 1.54) is 0 Å². The molecule has 4 rings (SSSR count). The topological polar surface area (TPSA) is 77.2 Å². The monoisotopic (exact) mass is 392 g/mol. The van der Waals surface area contributed by atoms with Gasteiger partial charge in [0.2, 0.25) is 5.91 Å². The Labute approximate surface area is 171 Å². The second kappa shape index (κ2) is 8.25. The van der Waals surface area contributed by atoms with Crippen LogP contribution in [0.2, 0.25) is 0 Å². The van der Waals surface area contributed by atoms with Crippen LogP contribution in [0.5, 0.6) is 0 Å². The van der Waals surface area contributed by atoms with Crippen LogP contribution in [0, 0.1) is 5.92 Å². The Hall–Kier alpha value is -2.86. The van der Waals surface area contributed by atoms with Gasteiger partial charge in [0.25, 0.3) is 5.91 Å². The van der Waals surface area contributed by atoms with Gasteiger partial charge in [-0.1, -0.05) is 19.9 Å². The molecule has 1 fully saturated rings. The Morgan fingerprint density at radius 1 is 1.14 bits per heavy atom. The number of H-pyrrole nitrogens is 1.